The van der Waals surface area contributed by atoms with Crippen molar-refractivity contribution in [2.45, 2.75) is 30.9 Å². The van der Waals surface area contributed by atoms with E-state index < -0.39 is 21.6 Å². The molecule has 0 bridgehead atoms. The standard InChI is InChI=1S/C17H24F3N3O2S/c1-21-15(22-9-10-26(2,24)25)23-12-16(7-4-8-16)13-5-3-6-14(11-13)17(18,19)20/h3,5-6,11H,4,7-10,12H2,1-2H3,(H2,21,22,23). The molecule has 5 nitrogen and oxygen atoms in total. The van der Waals surface area contributed by atoms with E-state index in [0.717, 1.165) is 31.6 Å². The minimum atomic E-state index is -4.36. The molecule has 0 heterocycles. The van der Waals surface area contributed by atoms with Gasteiger partial charge >= 0.3 is 6.18 Å². The van der Waals surface area contributed by atoms with Crippen LogP contribution in [0.3, 0.4) is 0 Å². The van der Waals surface area contributed by atoms with E-state index in [1.807, 2.05) is 0 Å². The molecule has 1 fully saturated rings. The molecule has 146 valence electrons. The van der Waals surface area contributed by atoms with E-state index in [0.29, 0.717) is 18.1 Å². The summed E-state index contributed by atoms with van der Waals surface area (Å²) in [6, 6.07) is 5.48. The van der Waals surface area contributed by atoms with Gasteiger partial charge in [0.1, 0.15) is 9.84 Å². The van der Waals surface area contributed by atoms with E-state index >= 15 is 0 Å². The van der Waals surface area contributed by atoms with Crippen LogP contribution in [0.15, 0.2) is 29.3 Å². The molecule has 0 radical (unpaired) electrons. The summed E-state index contributed by atoms with van der Waals surface area (Å²) < 4.78 is 61.3. The summed E-state index contributed by atoms with van der Waals surface area (Å²) in [7, 11) is -1.52. The summed E-state index contributed by atoms with van der Waals surface area (Å²) in [4.78, 5) is 4.04. The Balaban J connectivity index is 2.04. The molecule has 9 heteroatoms. The second kappa shape index (κ2) is 7.85. The quantitative estimate of drug-likeness (QED) is 0.577. The Kier molecular flexibility index (Phi) is 6.21. The first-order valence-electron chi connectivity index (χ1n) is 8.36. The lowest BCUT2D eigenvalue weighted by atomic mass is 9.64. The summed E-state index contributed by atoms with van der Waals surface area (Å²) in [6.45, 7) is 0.655. The van der Waals surface area contributed by atoms with E-state index in [2.05, 4.69) is 15.6 Å². The first kappa shape index (κ1) is 20.5. The molecule has 1 aromatic rings. The second-order valence-electron chi connectivity index (χ2n) is 6.69. The Morgan fingerprint density at radius 1 is 1.27 bits per heavy atom. The number of rotatable bonds is 6. The van der Waals surface area contributed by atoms with Crippen LogP contribution in [0.1, 0.15) is 30.4 Å². The third-order valence-corrected chi connectivity index (χ3v) is 5.64. The predicted octanol–water partition coefficient (Wildman–Crippen LogP) is 2.34. The lowest BCUT2D eigenvalue weighted by Crippen LogP contribution is -2.49. The summed E-state index contributed by atoms with van der Waals surface area (Å²) >= 11 is 0. The van der Waals surface area contributed by atoms with Crippen molar-refractivity contribution in [3.63, 3.8) is 0 Å². The highest BCUT2D eigenvalue weighted by atomic mass is 32.2. The van der Waals surface area contributed by atoms with Gasteiger partial charge in [-0.3, -0.25) is 4.99 Å². The molecular weight excluding hydrogens is 367 g/mol. The molecule has 2 N–H and O–H groups in total. The van der Waals surface area contributed by atoms with Crippen LogP contribution >= 0.6 is 0 Å². The van der Waals surface area contributed by atoms with Crippen molar-refractivity contribution in [3.05, 3.63) is 35.4 Å². The Labute approximate surface area is 152 Å². The molecule has 1 aromatic carbocycles. The number of alkyl halides is 3. The molecular formula is C17H24F3N3O2S. The van der Waals surface area contributed by atoms with Crippen LogP contribution in [0.2, 0.25) is 0 Å². The number of benzene rings is 1. The number of hydrogen-bond donors (Lipinski definition) is 2. The zero-order valence-electron chi connectivity index (χ0n) is 14.9. The van der Waals surface area contributed by atoms with Crippen molar-refractivity contribution in [1.82, 2.24) is 10.6 Å². The Morgan fingerprint density at radius 3 is 2.46 bits per heavy atom. The van der Waals surface area contributed by atoms with Gasteiger partial charge in [-0.2, -0.15) is 13.2 Å². The van der Waals surface area contributed by atoms with Gasteiger partial charge in [-0.25, -0.2) is 8.42 Å². The maximum Gasteiger partial charge on any atom is 0.416 e. The molecule has 1 saturated carbocycles. The fourth-order valence-corrected chi connectivity index (χ4v) is 3.50. The van der Waals surface area contributed by atoms with Crippen molar-refractivity contribution in [2.75, 3.05) is 32.1 Å². The fraction of sp³-hybridized carbons (Fsp3) is 0.588. The van der Waals surface area contributed by atoms with Crippen LogP contribution in [0.5, 0.6) is 0 Å². The highest BCUT2D eigenvalue weighted by Crippen LogP contribution is 2.44. The molecule has 0 amide bonds. The zero-order chi connectivity index (χ0) is 19.4. The molecule has 2 rings (SSSR count). The summed E-state index contributed by atoms with van der Waals surface area (Å²) in [5.74, 6) is 0.416. The molecule has 26 heavy (non-hydrogen) atoms. The smallest absolute Gasteiger partial charge is 0.356 e. The predicted molar refractivity (Wildman–Crippen MR) is 96.0 cm³/mol. The molecule has 0 aliphatic heterocycles. The van der Waals surface area contributed by atoms with E-state index in [1.54, 1.807) is 13.1 Å². The van der Waals surface area contributed by atoms with Crippen LogP contribution in [-0.4, -0.2) is 46.5 Å². The van der Waals surface area contributed by atoms with Gasteiger partial charge in [0.25, 0.3) is 0 Å². The van der Waals surface area contributed by atoms with Crippen LogP contribution < -0.4 is 10.6 Å². The first-order chi connectivity index (χ1) is 12.1. The van der Waals surface area contributed by atoms with Gasteiger partial charge in [-0.1, -0.05) is 24.6 Å². The second-order valence-corrected chi connectivity index (χ2v) is 8.95. The van der Waals surface area contributed by atoms with E-state index in [-0.39, 0.29) is 17.7 Å². The maximum atomic E-state index is 13.0. The van der Waals surface area contributed by atoms with Gasteiger partial charge in [-0.05, 0) is 24.5 Å². The van der Waals surface area contributed by atoms with Gasteiger partial charge < -0.3 is 10.6 Å². The van der Waals surface area contributed by atoms with E-state index in [1.165, 1.54) is 12.1 Å². The summed E-state index contributed by atoms with van der Waals surface area (Å²) in [5, 5.41) is 6.03. The van der Waals surface area contributed by atoms with Crippen LogP contribution in [-0.2, 0) is 21.4 Å². The number of hydrogen-bond acceptors (Lipinski definition) is 3. The van der Waals surface area contributed by atoms with Crippen LogP contribution in [0.4, 0.5) is 13.2 Å². The molecule has 0 spiro atoms. The van der Waals surface area contributed by atoms with Crippen molar-refractivity contribution in [1.29, 1.82) is 0 Å². The average Bonchev–Trinajstić information content (AvgIpc) is 2.50. The minimum absolute atomic E-state index is 0.0214. The number of guanidine groups is 1. The average molecular weight is 391 g/mol. The monoisotopic (exact) mass is 391 g/mol. The van der Waals surface area contributed by atoms with Crippen molar-refractivity contribution >= 4 is 15.8 Å². The topological polar surface area (TPSA) is 70.6 Å². The molecule has 0 unspecified atom stereocenters. The van der Waals surface area contributed by atoms with E-state index in [9.17, 15) is 21.6 Å². The Hall–Kier alpha value is -1.77. The van der Waals surface area contributed by atoms with Gasteiger partial charge in [-0.15, -0.1) is 0 Å². The van der Waals surface area contributed by atoms with Gasteiger partial charge in [0.05, 0.1) is 11.3 Å². The number of aliphatic imine (C=N–C) groups is 1. The molecule has 0 atom stereocenters. The minimum Gasteiger partial charge on any atom is -0.356 e. The first-order valence-corrected chi connectivity index (χ1v) is 10.4. The number of halogens is 3. The van der Waals surface area contributed by atoms with Crippen molar-refractivity contribution in [2.24, 2.45) is 4.99 Å². The van der Waals surface area contributed by atoms with Gasteiger partial charge in [0.15, 0.2) is 5.96 Å². The zero-order valence-corrected chi connectivity index (χ0v) is 15.7. The van der Waals surface area contributed by atoms with Gasteiger partial charge in [0.2, 0.25) is 0 Å². The third-order valence-electron chi connectivity index (χ3n) is 4.70. The lowest BCUT2D eigenvalue weighted by molar-refractivity contribution is -0.137. The fourth-order valence-electron chi connectivity index (χ4n) is 3.02. The van der Waals surface area contributed by atoms with Gasteiger partial charge in [0, 0.05) is 31.8 Å². The highest BCUT2D eigenvalue weighted by Gasteiger charge is 2.40. The number of sulfone groups is 1. The van der Waals surface area contributed by atoms with Crippen LogP contribution in [0.25, 0.3) is 0 Å². The van der Waals surface area contributed by atoms with Crippen molar-refractivity contribution in [3.8, 4) is 0 Å². The van der Waals surface area contributed by atoms with Crippen LogP contribution in [0, 0.1) is 0 Å². The SMILES string of the molecule is CN=C(NCCS(C)(=O)=O)NCC1(c2cccc(C(F)(F)F)c2)CCC1. The Morgan fingerprint density at radius 2 is 1.96 bits per heavy atom. The molecule has 0 saturated heterocycles. The third kappa shape index (κ3) is 5.36. The molecule has 1 aliphatic carbocycles. The highest BCUT2D eigenvalue weighted by molar-refractivity contribution is 7.90. The molecule has 1 aliphatic rings. The summed E-state index contributed by atoms with van der Waals surface area (Å²) in [6.07, 6.45) is -0.666. The molecule has 0 aromatic heterocycles. The Bertz CT molecular complexity index is 757. The van der Waals surface area contributed by atoms with Crippen molar-refractivity contribution < 1.29 is 21.6 Å². The maximum absolute atomic E-state index is 13.0. The number of nitrogens with zero attached hydrogens (tertiary/aromatic N) is 1. The lowest BCUT2D eigenvalue weighted by Gasteiger charge is -2.43. The number of nitrogens with one attached hydrogen (secondary N) is 2. The largest absolute Gasteiger partial charge is 0.416 e. The van der Waals surface area contributed by atoms with E-state index in [4.69, 9.17) is 0 Å². The summed E-state index contributed by atoms with van der Waals surface area (Å²) in [5.41, 5.74) is -0.343. The normalized spacial score (nSPS) is 17.5.